The summed E-state index contributed by atoms with van der Waals surface area (Å²) in [5.74, 6) is 1.23. The third kappa shape index (κ3) is 3.50. The van der Waals surface area contributed by atoms with Crippen molar-refractivity contribution in [3.05, 3.63) is 23.8 Å². The predicted molar refractivity (Wildman–Crippen MR) is 83.5 cm³/mol. The molecule has 1 aliphatic heterocycles. The first-order valence-corrected chi connectivity index (χ1v) is 7.34. The van der Waals surface area contributed by atoms with Gasteiger partial charge in [0.1, 0.15) is 11.5 Å². The molecule has 1 amide bonds. The third-order valence-corrected chi connectivity index (χ3v) is 3.68. The SMILES string of the molecule is CC[C@H](C)NC(=O)[C@H]1CC(c2cc(OC)ccc2OC)=NO1. The molecule has 6 nitrogen and oxygen atoms in total. The van der Waals surface area contributed by atoms with Gasteiger partial charge in [-0.05, 0) is 31.5 Å². The van der Waals surface area contributed by atoms with Gasteiger partial charge in [-0.15, -0.1) is 0 Å². The first-order valence-electron chi connectivity index (χ1n) is 7.34. The Morgan fingerprint density at radius 1 is 1.45 bits per heavy atom. The number of benzene rings is 1. The number of carbonyl (C=O) groups excluding carboxylic acids is 1. The Bertz CT molecular complexity index is 571. The maximum Gasteiger partial charge on any atom is 0.264 e. The van der Waals surface area contributed by atoms with Gasteiger partial charge in [-0.25, -0.2) is 0 Å². The zero-order chi connectivity index (χ0) is 16.1. The fourth-order valence-corrected chi connectivity index (χ4v) is 2.15. The van der Waals surface area contributed by atoms with E-state index in [2.05, 4.69) is 10.5 Å². The molecule has 120 valence electrons. The largest absolute Gasteiger partial charge is 0.497 e. The summed E-state index contributed by atoms with van der Waals surface area (Å²) < 4.78 is 10.6. The zero-order valence-electron chi connectivity index (χ0n) is 13.4. The summed E-state index contributed by atoms with van der Waals surface area (Å²) in [6, 6.07) is 5.57. The number of nitrogens with one attached hydrogen (secondary N) is 1. The van der Waals surface area contributed by atoms with Gasteiger partial charge in [0.05, 0.1) is 19.9 Å². The van der Waals surface area contributed by atoms with Crippen molar-refractivity contribution in [3.8, 4) is 11.5 Å². The maximum atomic E-state index is 12.1. The predicted octanol–water partition coefficient (Wildman–Crippen LogP) is 2.11. The first kappa shape index (κ1) is 16.1. The van der Waals surface area contributed by atoms with E-state index in [1.807, 2.05) is 32.0 Å². The van der Waals surface area contributed by atoms with Gasteiger partial charge in [-0.3, -0.25) is 4.79 Å². The van der Waals surface area contributed by atoms with Gasteiger partial charge in [0.2, 0.25) is 6.10 Å². The van der Waals surface area contributed by atoms with Crippen LogP contribution in [-0.4, -0.2) is 38.0 Å². The molecule has 6 heteroatoms. The second kappa shape index (κ2) is 7.15. The highest BCUT2D eigenvalue weighted by molar-refractivity contribution is 6.06. The molecule has 2 atom stereocenters. The van der Waals surface area contributed by atoms with Crippen LogP contribution in [0.25, 0.3) is 0 Å². The minimum absolute atomic E-state index is 0.117. The zero-order valence-corrected chi connectivity index (χ0v) is 13.4. The number of amides is 1. The monoisotopic (exact) mass is 306 g/mol. The molecular weight excluding hydrogens is 284 g/mol. The normalized spacial score (nSPS) is 18.2. The van der Waals surface area contributed by atoms with Crippen molar-refractivity contribution >= 4 is 11.6 Å². The number of hydrogen-bond donors (Lipinski definition) is 1. The molecule has 0 fully saturated rings. The number of ether oxygens (including phenoxy) is 2. The molecule has 0 saturated carbocycles. The van der Waals surface area contributed by atoms with Crippen molar-refractivity contribution < 1.29 is 19.1 Å². The number of nitrogens with zero attached hydrogens (tertiary/aromatic N) is 1. The quantitative estimate of drug-likeness (QED) is 0.874. The van der Waals surface area contributed by atoms with Gasteiger partial charge >= 0.3 is 0 Å². The minimum atomic E-state index is -0.597. The van der Waals surface area contributed by atoms with Crippen LogP contribution in [0.2, 0.25) is 0 Å². The van der Waals surface area contributed by atoms with E-state index >= 15 is 0 Å². The first-order chi connectivity index (χ1) is 10.6. The number of hydrogen-bond acceptors (Lipinski definition) is 5. The lowest BCUT2D eigenvalue weighted by Crippen LogP contribution is -2.39. The highest BCUT2D eigenvalue weighted by Crippen LogP contribution is 2.28. The molecule has 0 aliphatic carbocycles. The van der Waals surface area contributed by atoms with Crippen LogP contribution >= 0.6 is 0 Å². The van der Waals surface area contributed by atoms with E-state index in [-0.39, 0.29) is 11.9 Å². The fourth-order valence-electron chi connectivity index (χ4n) is 2.15. The van der Waals surface area contributed by atoms with Crippen molar-refractivity contribution in [2.75, 3.05) is 14.2 Å². The number of oxime groups is 1. The van der Waals surface area contributed by atoms with E-state index in [1.54, 1.807) is 14.2 Å². The smallest absolute Gasteiger partial charge is 0.264 e. The van der Waals surface area contributed by atoms with E-state index in [9.17, 15) is 4.79 Å². The Labute approximate surface area is 130 Å². The van der Waals surface area contributed by atoms with E-state index in [1.165, 1.54) is 0 Å². The van der Waals surface area contributed by atoms with Gasteiger partial charge in [0.15, 0.2) is 0 Å². The van der Waals surface area contributed by atoms with Crippen LogP contribution in [0.4, 0.5) is 0 Å². The average Bonchev–Trinajstić information content (AvgIpc) is 3.03. The third-order valence-electron chi connectivity index (χ3n) is 3.68. The molecule has 22 heavy (non-hydrogen) atoms. The highest BCUT2D eigenvalue weighted by Gasteiger charge is 2.30. The molecule has 1 heterocycles. The number of methoxy groups -OCH3 is 2. The summed E-state index contributed by atoms with van der Waals surface area (Å²) in [5.41, 5.74) is 1.46. The maximum absolute atomic E-state index is 12.1. The molecule has 1 aromatic carbocycles. The van der Waals surface area contributed by atoms with Crippen LogP contribution in [0.5, 0.6) is 11.5 Å². The summed E-state index contributed by atoms with van der Waals surface area (Å²) in [7, 11) is 3.19. The van der Waals surface area contributed by atoms with Gasteiger partial charge in [0.25, 0.3) is 5.91 Å². The number of rotatable bonds is 6. The van der Waals surface area contributed by atoms with Gasteiger partial charge in [-0.2, -0.15) is 0 Å². The van der Waals surface area contributed by atoms with Crippen molar-refractivity contribution in [2.45, 2.75) is 38.8 Å². The second-order valence-corrected chi connectivity index (χ2v) is 5.22. The molecule has 2 rings (SSSR count). The van der Waals surface area contributed by atoms with Crippen LogP contribution < -0.4 is 14.8 Å². The van der Waals surface area contributed by atoms with Crippen molar-refractivity contribution in [2.24, 2.45) is 5.16 Å². The Morgan fingerprint density at radius 2 is 2.23 bits per heavy atom. The van der Waals surface area contributed by atoms with Gasteiger partial charge in [0, 0.05) is 18.0 Å². The van der Waals surface area contributed by atoms with E-state index < -0.39 is 6.10 Å². The summed E-state index contributed by atoms with van der Waals surface area (Å²) in [6.07, 6.45) is 0.682. The summed E-state index contributed by atoms with van der Waals surface area (Å²) in [6.45, 7) is 3.98. The van der Waals surface area contributed by atoms with Crippen molar-refractivity contribution in [1.29, 1.82) is 0 Å². The van der Waals surface area contributed by atoms with Crippen LogP contribution in [0.15, 0.2) is 23.4 Å². The summed E-state index contributed by atoms with van der Waals surface area (Å²) in [5, 5.41) is 6.95. The minimum Gasteiger partial charge on any atom is -0.497 e. The fraction of sp³-hybridized carbons (Fsp3) is 0.500. The summed E-state index contributed by atoms with van der Waals surface area (Å²) in [4.78, 5) is 17.4. The van der Waals surface area contributed by atoms with Gasteiger partial charge < -0.3 is 19.6 Å². The average molecular weight is 306 g/mol. The Balaban J connectivity index is 2.11. The topological polar surface area (TPSA) is 69.2 Å². The molecule has 1 aromatic rings. The van der Waals surface area contributed by atoms with Gasteiger partial charge in [-0.1, -0.05) is 12.1 Å². The van der Waals surface area contributed by atoms with E-state index in [0.29, 0.717) is 23.6 Å². The molecular formula is C16H22N2O4. The lowest BCUT2D eigenvalue weighted by atomic mass is 10.0. The molecule has 1 aliphatic rings. The van der Waals surface area contributed by atoms with Crippen LogP contribution in [0.3, 0.4) is 0 Å². The summed E-state index contributed by atoms with van der Waals surface area (Å²) >= 11 is 0. The lowest BCUT2D eigenvalue weighted by Gasteiger charge is -2.14. The molecule has 0 saturated heterocycles. The lowest BCUT2D eigenvalue weighted by molar-refractivity contribution is -0.131. The van der Waals surface area contributed by atoms with Crippen LogP contribution in [-0.2, 0) is 9.63 Å². The second-order valence-electron chi connectivity index (χ2n) is 5.22. The number of carbonyl (C=O) groups is 1. The molecule has 0 bridgehead atoms. The van der Waals surface area contributed by atoms with Crippen molar-refractivity contribution in [3.63, 3.8) is 0 Å². The molecule has 0 unspecified atom stereocenters. The van der Waals surface area contributed by atoms with E-state index in [0.717, 1.165) is 12.0 Å². The van der Waals surface area contributed by atoms with Crippen molar-refractivity contribution in [1.82, 2.24) is 5.32 Å². The Kier molecular flexibility index (Phi) is 5.25. The molecule has 0 spiro atoms. The van der Waals surface area contributed by atoms with E-state index in [4.69, 9.17) is 14.3 Å². The molecule has 0 aromatic heterocycles. The Hall–Kier alpha value is -2.24. The highest BCUT2D eigenvalue weighted by atomic mass is 16.6. The van der Waals surface area contributed by atoms with Crippen LogP contribution in [0.1, 0.15) is 32.3 Å². The standard InChI is InChI=1S/C16H22N2O4/c1-5-10(2)17-16(19)15-9-13(18-22-15)12-8-11(20-3)6-7-14(12)21-4/h6-8,10,15H,5,9H2,1-4H3,(H,17,19)/t10-,15+/m0/s1. The molecule has 0 radical (unpaired) electrons. The van der Waals surface area contributed by atoms with Crippen LogP contribution in [0, 0.1) is 0 Å². The molecule has 1 N–H and O–H groups in total. The Morgan fingerprint density at radius 3 is 2.86 bits per heavy atom.